The molecule has 1 aliphatic carbocycles. The first-order valence-corrected chi connectivity index (χ1v) is 10.2. The first-order chi connectivity index (χ1) is 12.4. The van der Waals surface area contributed by atoms with Crippen molar-refractivity contribution < 1.29 is 0 Å². The van der Waals surface area contributed by atoms with Crippen LogP contribution in [0.3, 0.4) is 0 Å². The van der Waals surface area contributed by atoms with Crippen molar-refractivity contribution in [3.63, 3.8) is 0 Å². The van der Waals surface area contributed by atoms with Gasteiger partial charge in [0.2, 0.25) is 0 Å². The summed E-state index contributed by atoms with van der Waals surface area (Å²) in [5.41, 5.74) is 4.64. The summed E-state index contributed by atoms with van der Waals surface area (Å²) in [5, 5.41) is 0. The fourth-order valence-electron chi connectivity index (χ4n) is 4.89. The Kier molecular flexibility index (Phi) is 5.52. The smallest absolute Gasteiger partial charge is 0.0236 e. The van der Waals surface area contributed by atoms with Crippen LogP contribution in [-0.2, 0) is 13.0 Å². The summed E-state index contributed by atoms with van der Waals surface area (Å²) in [6.45, 7) is 3.72. The molecule has 1 heterocycles. The number of hydrogen-bond acceptors (Lipinski definition) is 1. The zero-order valence-corrected chi connectivity index (χ0v) is 15.4. The number of hydrogen-bond donors (Lipinski definition) is 0. The van der Waals surface area contributed by atoms with Crippen molar-refractivity contribution in [2.24, 2.45) is 5.92 Å². The summed E-state index contributed by atoms with van der Waals surface area (Å²) in [4.78, 5) is 2.75. The van der Waals surface area contributed by atoms with E-state index in [0.717, 1.165) is 12.5 Å². The van der Waals surface area contributed by atoms with E-state index in [1.165, 1.54) is 63.6 Å². The van der Waals surface area contributed by atoms with Gasteiger partial charge in [-0.05, 0) is 60.8 Å². The van der Waals surface area contributed by atoms with E-state index in [2.05, 4.69) is 59.5 Å². The van der Waals surface area contributed by atoms with E-state index in [4.69, 9.17) is 0 Å². The lowest BCUT2D eigenvalue weighted by atomic mass is 9.87. The second-order valence-corrected chi connectivity index (χ2v) is 8.11. The van der Waals surface area contributed by atoms with Crippen molar-refractivity contribution in [1.29, 1.82) is 0 Å². The highest BCUT2D eigenvalue weighted by molar-refractivity contribution is 5.33. The standard InChI is InChI=1S/C24H31N/c1-3-9-20(10-4-1)17-22-15-16-25(18-21-11-5-2-6-12-21)19-23-13-7-8-14-24(22)23/h1,3-4,7-10,13-14,21-22H,2,5-6,11-12,15-19H2/t22-/m1/s1. The Labute approximate surface area is 153 Å². The van der Waals surface area contributed by atoms with Gasteiger partial charge in [0.1, 0.15) is 0 Å². The van der Waals surface area contributed by atoms with Gasteiger partial charge in [0.05, 0.1) is 0 Å². The molecular formula is C24H31N. The monoisotopic (exact) mass is 333 g/mol. The number of nitrogens with zero attached hydrogens (tertiary/aromatic N) is 1. The average molecular weight is 334 g/mol. The van der Waals surface area contributed by atoms with Crippen LogP contribution in [0.15, 0.2) is 54.6 Å². The van der Waals surface area contributed by atoms with Crippen LogP contribution < -0.4 is 0 Å². The summed E-state index contributed by atoms with van der Waals surface area (Å²) in [6.07, 6.45) is 9.72. The molecule has 4 rings (SSSR count). The molecule has 2 aliphatic rings. The van der Waals surface area contributed by atoms with E-state index in [0.29, 0.717) is 5.92 Å². The fraction of sp³-hybridized carbons (Fsp3) is 0.500. The molecule has 0 aromatic heterocycles. The summed E-state index contributed by atoms with van der Waals surface area (Å²) in [5.74, 6) is 1.60. The van der Waals surface area contributed by atoms with Crippen molar-refractivity contribution in [2.45, 2.75) is 57.4 Å². The van der Waals surface area contributed by atoms with E-state index < -0.39 is 0 Å². The molecule has 0 spiro atoms. The lowest BCUT2D eigenvalue weighted by Crippen LogP contribution is -2.30. The predicted molar refractivity (Wildman–Crippen MR) is 106 cm³/mol. The Morgan fingerprint density at radius 3 is 2.40 bits per heavy atom. The maximum Gasteiger partial charge on any atom is 0.0236 e. The van der Waals surface area contributed by atoms with E-state index in [1.54, 1.807) is 11.1 Å². The molecule has 2 aromatic rings. The van der Waals surface area contributed by atoms with E-state index in [-0.39, 0.29) is 0 Å². The van der Waals surface area contributed by atoms with E-state index in [1.807, 2.05) is 0 Å². The van der Waals surface area contributed by atoms with E-state index in [9.17, 15) is 0 Å². The van der Waals surface area contributed by atoms with Crippen molar-refractivity contribution in [1.82, 2.24) is 4.90 Å². The number of fused-ring (bicyclic) bond motifs is 1. The van der Waals surface area contributed by atoms with Crippen LogP contribution in [-0.4, -0.2) is 18.0 Å². The minimum atomic E-state index is 0.662. The van der Waals surface area contributed by atoms with Crippen molar-refractivity contribution in [2.75, 3.05) is 13.1 Å². The highest BCUT2D eigenvalue weighted by Gasteiger charge is 2.24. The molecule has 1 fully saturated rings. The first-order valence-electron chi connectivity index (χ1n) is 10.2. The topological polar surface area (TPSA) is 3.24 Å². The van der Waals surface area contributed by atoms with Crippen molar-refractivity contribution in [3.8, 4) is 0 Å². The lowest BCUT2D eigenvalue weighted by molar-refractivity contribution is 0.194. The Balaban J connectivity index is 1.49. The molecular weight excluding hydrogens is 302 g/mol. The molecule has 2 aromatic carbocycles. The predicted octanol–water partition coefficient (Wildman–Crippen LogP) is 5.80. The van der Waals surface area contributed by atoms with Crippen LogP contribution in [0.4, 0.5) is 0 Å². The molecule has 1 saturated carbocycles. The maximum atomic E-state index is 2.75. The second kappa shape index (κ2) is 8.19. The Morgan fingerprint density at radius 2 is 1.56 bits per heavy atom. The summed E-state index contributed by atoms with van der Waals surface area (Å²) in [6, 6.07) is 20.2. The third kappa shape index (κ3) is 4.33. The highest BCUT2D eigenvalue weighted by atomic mass is 15.1. The minimum absolute atomic E-state index is 0.662. The van der Waals surface area contributed by atoms with Gasteiger partial charge in [-0.25, -0.2) is 0 Å². The molecule has 0 bridgehead atoms. The Bertz CT molecular complexity index is 657. The van der Waals surface area contributed by atoms with Gasteiger partial charge in [0.15, 0.2) is 0 Å². The molecule has 1 atom stereocenters. The Hall–Kier alpha value is -1.60. The lowest BCUT2D eigenvalue weighted by Gasteiger charge is -2.29. The normalized spacial score (nSPS) is 22.3. The van der Waals surface area contributed by atoms with Crippen LogP contribution >= 0.6 is 0 Å². The van der Waals surface area contributed by atoms with Crippen LogP contribution in [0.1, 0.15) is 61.1 Å². The Morgan fingerprint density at radius 1 is 0.800 bits per heavy atom. The average Bonchev–Trinajstić information content (AvgIpc) is 2.83. The summed E-state index contributed by atoms with van der Waals surface area (Å²) < 4.78 is 0. The van der Waals surface area contributed by atoms with Gasteiger partial charge < -0.3 is 0 Å². The SMILES string of the molecule is c1ccc(C[C@H]2CCN(CC3CCCCC3)Cc3ccccc32)cc1. The number of rotatable bonds is 4. The third-order valence-electron chi connectivity index (χ3n) is 6.25. The molecule has 0 unspecified atom stereocenters. The summed E-state index contributed by atoms with van der Waals surface area (Å²) >= 11 is 0. The zero-order valence-electron chi connectivity index (χ0n) is 15.4. The minimum Gasteiger partial charge on any atom is -0.299 e. The molecule has 132 valence electrons. The molecule has 0 radical (unpaired) electrons. The van der Waals surface area contributed by atoms with Gasteiger partial charge in [-0.3, -0.25) is 4.90 Å². The molecule has 0 saturated heterocycles. The van der Waals surface area contributed by atoms with Crippen LogP contribution in [0.5, 0.6) is 0 Å². The quantitative estimate of drug-likeness (QED) is 0.683. The molecule has 1 aliphatic heterocycles. The molecule has 1 nitrogen and oxygen atoms in total. The fourth-order valence-corrected chi connectivity index (χ4v) is 4.89. The first kappa shape index (κ1) is 16.8. The van der Waals surface area contributed by atoms with Gasteiger partial charge in [0.25, 0.3) is 0 Å². The highest BCUT2D eigenvalue weighted by Crippen LogP contribution is 2.33. The van der Waals surface area contributed by atoms with Crippen LogP contribution in [0.25, 0.3) is 0 Å². The van der Waals surface area contributed by atoms with Crippen molar-refractivity contribution in [3.05, 3.63) is 71.3 Å². The van der Waals surface area contributed by atoms with Gasteiger partial charge in [-0.2, -0.15) is 0 Å². The van der Waals surface area contributed by atoms with Crippen LogP contribution in [0.2, 0.25) is 0 Å². The molecule has 0 amide bonds. The molecule has 25 heavy (non-hydrogen) atoms. The molecule has 0 N–H and O–H groups in total. The van der Waals surface area contributed by atoms with Gasteiger partial charge >= 0.3 is 0 Å². The maximum absolute atomic E-state index is 2.75. The van der Waals surface area contributed by atoms with Gasteiger partial charge in [-0.1, -0.05) is 73.9 Å². The van der Waals surface area contributed by atoms with E-state index >= 15 is 0 Å². The third-order valence-corrected chi connectivity index (χ3v) is 6.25. The number of benzene rings is 2. The van der Waals surface area contributed by atoms with Crippen LogP contribution in [0, 0.1) is 5.92 Å². The summed E-state index contributed by atoms with van der Waals surface area (Å²) in [7, 11) is 0. The van der Waals surface area contributed by atoms with Gasteiger partial charge in [0, 0.05) is 13.1 Å². The molecule has 1 heteroatoms. The van der Waals surface area contributed by atoms with Crippen molar-refractivity contribution >= 4 is 0 Å². The second-order valence-electron chi connectivity index (χ2n) is 8.11. The largest absolute Gasteiger partial charge is 0.299 e. The zero-order chi connectivity index (χ0) is 16.9. The van der Waals surface area contributed by atoms with Gasteiger partial charge in [-0.15, -0.1) is 0 Å².